The average Bonchev–Trinajstić information content (AvgIpc) is 2.20. The van der Waals surface area contributed by atoms with Crippen LogP contribution in [0.4, 0.5) is 11.4 Å². The van der Waals surface area contributed by atoms with Crippen LogP contribution in [0.3, 0.4) is 0 Å². The summed E-state index contributed by atoms with van der Waals surface area (Å²) in [5, 5.41) is 9.08. The highest BCUT2D eigenvalue weighted by Crippen LogP contribution is 2.25. The summed E-state index contributed by atoms with van der Waals surface area (Å²) >= 11 is 0. The molecule has 4 heteroatoms. The van der Waals surface area contributed by atoms with Gasteiger partial charge in [0.05, 0.1) is 5.56 Å². The van der Waals surface area contributed by atoms with Gasteiger partial charge < -0.3 is 15.7 Å². The Balaban J connectivity index is 3.14. The number of nitrogen functional groups attached to an aromatic ring is 1. The zero-order chi connectivity index (χ0) is 13.2. The Labute approximate surface area is 102 Å². The highest BCUT2D eigenvalue weighted by atomic mass is 16.4. The third kappa shape index (κ3) is 3.12. The number of carboxylic acids is 1. The van der Waals surface area contributed by atoms with Crippen molar-refractivity contribution >= 4 is 17.3 Å². The van der Waals surface area contributed by atoms with Crippen LogP contribution in [0, 0.1) is 12.8 Å². The number of carboxylic acid groups (broad SMARTS) is 1. The van der Waals surface area contributed by atoms with Gasteiger partial charge in [-0.15, -0.1) is 0 Å². The van der Waals surface area contributed by atoms with Crippen molar-refractivity contribution < 1.29 is 9.90 Å². The summed E-state index contributed by atoms with van der Waals surface area (Å²) in [6.07, 6.45) is 0. The second-order valence-electron chi connectivity index (χ2n) is 4.80. The van der Waals surface area contributed by atoms with Crippen LogP contribution in [-0.4, -0.2) is 24.7 Å². The molecule has 0 saturated heterocycles. The predicted octanol–water partition coefficient (Wildman–Crippen LogP) is 2.37. The molecule has 0 bridgehead atoms. The maximum atomic E-state index is 11.1. The van der Waals surface area contributed by atoms with Crippen molar-refractivity contribution in [2.45, 2.75) is 20.8 Å². The van der Waals surface area contributed by atoms with E-state index >= 15 is 0 Å². The van der Waals surface area contributed by atoms with Gasteiger partial charge in [-0.25, -0.2) is 4.79 Å². The lowest BCUT2D eigenvalue weighted by molar-refractivity contribution is 0.0698. The zero-order valence-electron chi connectivity index (χ0n) is 10.8. The fourth-order valence-electron chi connectivity index (χ4n) is 1.83. The van der Waals surface area contributed by atoms with Crippen molar-refractivity contribution in [3.05, 3.63) is 23.3 Å². The standard InChI is InChI=1S/C13H20N2O2/c1-8(2)7-15(4)10-5-9(3)12(14)11(6-10)13(16)17/h5-6,8H,7,14H2,1-4H3,(H,16,17). The molecule has 0 fully saturated rings. The summed E-state index contributed by atoms with van der Waals surface area (Å²) in [7, 11) is 1.95. The largest absolute Gasteiger partial charge is 0.478 e. The van der Waals surface area contributed by atoms with E-state index < -0.39 is 5.97 Å². The molecule has 0 unspecified atom stereocenters. The first kappa shape index (κ1) is 13.4. The first-order chi connectivity index (χ1) is 7.82. The summed E-state index contributed by atoms with van der Waals surface area (Å²) in [6.45, 7) is 6.95. The molecule has 17 heavy (non-hydrogen) atoms. The number of nitrogens with zero attached hydrogens (tertiary/aromatic N) is 1. The number of anilines is 2. The van der Waals surface area contributed by atoms with Crippen LogP contribution in [0.2, 0.25) is 0 Å². The maximum Gasteiger partial charge on any atom is 0.337 e. The number of hydrogen-bond acceptors (Lipinski definition) is 3. The molecule has 0 aliphatic carbocycles. The van der Waals surface area contributed by atoms with Crippen molar-refractivity contribution in [1.82, 2.24) is 0 Å². The van der Waals surface area contributed by atoms with Gasteiger partial charge in [-0.2, -0.15) is 0 Å². The van der Waals surface area contributed by atoms with E-state index in [0.29, 0.717) is 11.6 Å². The Morgan fingerprint density at radius 2 is 2.06 bits per heavy atom. The minimum absolute atomic E-state index is 0.176. The highest BCUT2D eigenvalue weighted by Gasteiger charge is 2.13. The molecule has 0 atom stereocenters. The number of benzene rings is 1. The lowest BCUT2D eigenvalue weighted by atomic mass is 10.1. The first-order valence-corrected chi connectivity index (χ1v) is 5.67. The van der Waals surface area contributed by atoms with Crippen LogP contribution in [0.15, 0.2) is 12.1 Å². The van der Waals surface area contributed by atoms with E-state index in [1.54, 1.807) is 6.07 Å². The van der Waals surface area contributed by atoms with E-state index in [2.05, 4.69) is 13.8 Å². The highest BCUT2D eigenvalue weighted by molar-refractivity contribution is 5.95. The van der Waals surface area contributed by atoms with E-state index in [0.717, 1.165) is 17.8 Å². The molecule has 0 aliphatic rings. The van der Waals surface area contributed by atoms with Gasteiger partial charge in [-0.3, -0.25) is 0 Å². The van der Waals surface area contributed by atoms with Gasteiger partial charge in [0.2, 0.25) is 0 Å². The number of rotatable bonds is 4. The molecule has 4 nitrogen and oxygen atoms in total. The third-order valence-electron chi connectivity index (χ3n) is 2.68. The number of nitrogens with two attached hydrogens (primary N) is 1. The van der Waals surface area contributed by atoms with Crippen molar-refractivity contribution in [2.75, 3.05) is 24.2 Å². The summed E-state index contributed by atoms with van der Waals surface area (Å²) in [4.78, 5) is 13.1. The second kappa shape index (κ2) is 5.08. The number of carbonyl (C=O) groups is 1. The van der Waals surface area contributed by atoms with Crippen LogP contribution in [0.5, 0.6) is 0 Å². The molecule has 94 valence electrons. The normalized spacial score (nSPS) is 10.6. The van der Waals surface area contributed by atoms with E-state index in [9.17, 15) is 4.79 Å². The van der Waals surface area contributed by atoms with Crippen molar-refractivity contribution in [3.8, 4) is 0 Å². The summed E-state index contributed by atoms with van der Waals surface area (Å²) in [5.41, 5.74) is 7.97. The van der Waals surface area contributed by atoms with Gasteiger partial charge in [0.25, 0.3) is 0 Å². The minimum Gasteiger partial charge on any atom is -0.478 e. The Morgan fingerprint density at radius 3 is 2.53 bits per heavy atom. The molecule has 0 aliphatic heterocycles. The SMILES string of the molecule is Cc1cc(N(C)CC(C)C)cc(C(=O)O)c1N. The predicted molar refractivity (Wildman–Crippen MR) is 70.7 cm³/mol. The Bertz CT molecular complexity index is 428. The summed E-state index contributed by atoms with van der Waals surface area (Å²) < 4.78 is 0. The van der Waals surface area contributed by atoms with Crippen LogP contribution in [-0.2, 0) is 0 Å². The molecule has 0 heterocycles. The fraction of sp³-hybridized carbons (Fsp3) is 0.462. The van der Waals surface area contributed by atoms with Crippen molar-refractivity contribution in [2.24, 2.45) is 5.92 Å². The molecule has 0 aromatic heterocycles. The van der Waals surface area contributed by atoms with E-state index in [4.69, 9.17) is 10.8 Å². The van der Waals surface area contributed by atoms with Crippen LogP contribution < -0.4 is 10.6 Å². The molecule has 0 radical (unpaired) electrons. The molecular formula is C13H20N2O2. The Kier molecular flexibility index (Phi) is 3.99. The molecule has 1 rings (SSSR count). The second-order valence-corrected chi connectivity index (χ2v) is 4.80. The number of hydrogen-bond donors (Lipinski definition) is 2. The zero-order valence-corrected chi connectivity index (χ0v) is 10.8. The van der Waals surface area contributed by atoms with Gasteiger partial charge in [0.15, 0.2) is 0 Å². The van der Waals surface area contributed by atoms with Gasteiger partial charge in [-0.1, -0.05) is 13.8 Å². The molecule has 3 N–H and O–H groups in total. The Morgan fingerprint density at radius 1 is 1.47 bits per heavy atom. The quantitative estimate of drug-likeness (QED) is 0.788. The van der Waals surface area contributed by atoms with Crippen LogP contribution in [0.25, 0.3) is 0 Å². The van der Waals surface area contributed by atoms with E-state index in [-0.39, 0.29) is 5.56 Å². The molecule has 1 aromatic carbocycles. The first-order valence-electron chi connectivity index (χ1n) is 5.67. The summed E-state index contributed by atoms with van der Waals surface area (Å²) in [5.74, 6) is -0.462. The van der Waals surface area contributed by atoms with Crippen LogP contribution >= 0.6 is 0 Å². The Hall–Kier alpha value is -1.71. The molecule has 1 aromatic rings. The smallest absolute Gasteiger partial charge is 0.337 e. The van der Waals surface area contributed by atoms with Gasteiger partial charge >= 0.3 is 5.97 Å². The molecule has 0 saturated carbocycles. The molecular weight excluding hydrogens is 216 g/mol. The van der Waals surface area contributed by atoms with Gasteiger partial charge in [0, 0.05) is 25.0 Å². The molecule has 0 spiro atoms. The summed E-state index contributed by atoms with van der Waals surface area (Å²) in [6, 6.07) is 3.55. The van der Waals surface area contributed by atoms with E-state index in [1.165, 1.54) is 0 Å². The van der Waals surface area contributed by atoms with Crippen LogP contribution in [0.1, 0.15) is 29.8 Å². The molecule has 0 amide bonds. The number of aryl methyl sites for hydroxylation is 1. The topological polar surface area (TPSA) is 66.6 Å². The maximum absolute atomic E-state index is 11.1. The number of aromatic carboxylic acids is 1. The average molecular weight is 236 g/mol. The van der Waals surface area contributed by atoms with Crippen molar-refractivity contribution in [3.63, 3.8) is 0 Å². The lowest BCUT2D eigenvalue weighted by Gasteiger charge is -2.23. The van der Waals surface area contributed by atoms with Gasteiger partial charge in [0.1, 0.15) is 0 Å². The monoisotopic (exact) mass is 236 g/mol. The third-order valence-corrected chi connectivity index (χ3v) is 2.68. The van der Waals surface area contributed by atoms with Crippen molar-refractivity contribution in [1.29, 1.82) is 0 Å². The lowest BCUT2D eigenvalue weighted by Crippen LogP contribution is -2.23. The fourth-order valence-corrected chi connectivity index (χ4v) is 1.83. The minimum atomic E-state index is -0.981. The van der Waals surface area contributed by atoms with Gasteiger partial charge in [-0.05, 0) is 30.5 Å². The van der Waals surface area contributed by atoms with E-state index in [1.807, 2.05) is 24.9 Å².